The van der Waals surface area contributed by atoms with Crippen LogP contribution in [0.25, 0.3) is 11.1 Å². The zero-order valence-corrected chi connectivity index (χ0v) is 25.9. The van der Waals surface area contributed by atoms with E-state index in [0.29, 0.717) is 25.1 Å². The van der Waals surface area contributed by atoms with E-state index in [1.165, 1.54) is 0 Å². The van der Waals surface area contributed by atoms with E-state index in [1.807, 2.05) is 36.4 Å². The maximum Gasteiger partial charge on any atom is 2.00 e. The Kier molecular flexibility index (Phi) is 17.9. The molecule has 0 aliphatic carbocycles. The molecule has 0 radical (unpaired) electrons. The predicted molar refractivity (Wildman–Crippen MR) is 147 cm³/mol. The van der Waals surface area contributed by atoms with E-state index in [2.05, 4.69) is 22.0 Å². The van der Waals surface area contributed by atoms with Gasteiger partial charge in [-0.2, -0.15) is 30.3 Å². The van der Waals surface area contributed by atoms with Crippen molar-refractivity contribution in [3.8, 4) is 11.1 Å². The van der Waals surface area contributed by atoms with Gasteiger partial charge in [-0.05, 0) is 59.7 Å². The Morgan fingerprint density at radius 3 is 1.24 bits per heavy atom. The third-order valence-electron chi connectivity index (χ3n) is 3.54. The van der Waals surface area contributed by atoms with Crippen molar-refractivity contribution in [2.24, 2.45) is 0 Å². The summed E-state index contributed by atoms with van der Waals surface area (Å²) in [6, 6.07) is 28.3. The molecule has 4 aromatic carbocycles. The number of hydrogen-bond donors (Lipinski definition) is 0. The molecule has 0 N–H and O–H groups in total. The first-order valence-corrected chi connectivity index (χ1v) is 11.7. The molecule has 0 nitrogen and oxygen atoms in total. The third-order valence-corrected chi connectivity index (χ3v) is 5.38. The van der Waals surface area contributed by atoms with Gasteiger partial charge in [-0.25, -0.2) is 0 Å². The molecule has 0 unspecified atom stereocenters. The molecule has 0 aliphatic heterocycles. The zero-order valence-electron chi connectivity index (χ0n) is 16.8. The average Bonchev–Trinajstić information content (AvgIpc) is 2.68. The Hall–Kier alpha value is 0.346. The van der Waals surface area contributed by atoms with Crippen molar-refractivity contribution in [2.75, 3.05) is 0 Å². The van der Waals surface area contributed by atoms with Crippen LogP contribution in [0.4, 0.5) is 0 Å². The minimum absolute atomic E-state index is 0. The summed E-state index contributed by atoms with van der Waals surface area (Å²) < 4.78 is 0.903. The maximum atomic E-state index is 5.92. The summed E-state index contributed by atoms with van der Waals surface area (Å²) in [5.41, 5.74) is 2.04. The Labute approximate surface area is 259 Å². The summed E-state index contributed by atoms with van der Waals surface area (Å²) in [4.78, 5) is 0. The molecule has 0 aromatic heterocycles. The quantitative estimate of drug-likeness (QED) is 0.141. The SMILES string of the molecule is Clc1cc(Cl)cc(Br)c1.Clc1cc[c-]cc1.Clc1ccc(-c2cc(Cl)cc(Cl)c2)cc1.[Br-].[Mg+2]. The van der Waals surface area contributed by atoms with Gasteiger partial charge in [-0.15, -0.1) is 11.6 Å². The molecule has 33 heavy (non-hydrogen) atoms. The monoisotopic (exact) mass is 694 g/mol. The summed E-state index contributed by atoms with van der Waals surface area (Å²) in [6.45, 7) is 0. The van der Waals surface area contributed by atoms with Gasteiger partial charge in [0.1, 0.15) is 0 Å². The number of halogens is 8. The van der Waals surface area contributed by atoms with Crippen LogP contribution in [0.15, 0.2) is 89.4 Å². The van der Waals surface area contributed by atoms with Gasteiger partial charge >= 0.3 is 23.1 Å². The van der Waals surface area contributed by atoms with Crippen molar-refractivity contribution in [2.45, 2.75) is 0 Å². The van der Waals surface area contributed by atoms with Gasteiger partial charge in [-0.3, -0.25) is 0 Å². The number of hydrogen-bond acceptors (Lipinski definition) is 0. The largest absolute Gasteiger partial charge is 2.00 e. The van der Waals surface area contributed by atoms with E-state index in [0.717, 1.165) is 20.6 Å². The van der Waals surface area contributed by atoms with E-state index in [1.54, 1.807) is 48.5 Å². The first-order valence-electron chi connectivity index (χ1n) is 8.68. The summed E-state index contributed by atoms with van der Waals surface area (Å²) in [5, 5.41) is 4.04. The third kappa shape index (κ3) is 13.9. The van der Waals surface area contributed by atoms with E-state index in [4.69, 9.17) is 69.6 Å². The fraction of sp³-hybridized carbons (Fsp3) is 0. The molecule has 0 saturated carbocycles. The molecule has 168 valence electrons. The van der Waals surface area contributed by atoms with Crippen molar-refractivity contribution in [3.63, 3.8) is 0 Å². The van der Waals surface area contributed by atoms with E-state index in [-0.39, 0.29) is 40.0 Å². The van der Waals surface area contributed by atoms with Crippen molar-refractivity contribution in [1.29, 1.82) is 0 Å². The molecule has 0 fully saturated rings. The predicted octanol–water partition coefficient (Wildman–Crippen LogP) is 7.83. The molecule has 0 saturated heterocycles. The summed E-state index contributed by atoms with van der Waals surface area (Å²) in [5.74, 6) is 0. The molecular weight excluding hydrogens is 685 g/mol. The molecular formula is C24H14Br2Cl6Mg. The van der Waals surface area contributed by atoms with Gasteiger partial charge in [-0.1, -0.05) is 91.1 Å². The second-order valence-corrected chi connectivity index (χ2v) is 9.51. The van der Waals surface area contributed by atoms with Gasteiger partial charge < -0.3 is 17.0 Å². The van der Waals surface area contributed by atoms with Crippen molar-refractivity contribution < 1.29 is 17.0 Å². The van der Waals surface area contributed by atoms with Crippen LogP contribution in [0.1, 0.15) is 0 Å². The van der Waals surface area contributed by atoms with Gasteiger partial charge in [0, 0.05) is 29.6 Å². The van der Waals surface area contributed by atoms with Crippen LogP contribution in [-0.2, 0) is 0 Å². The van der Waals surface area contributed by atoms with E-state index < -0.39 is 0 Å². The molecule has 0 spiro atoms. The normalized spacial score (nSPS) is 9.18. The van der Waals surface area contributed by atoms with Gasteiger partial charge in [0.15, 0.2) is 0 Å². The van der Waals surface area contributed by atoms with Crippen molar-refractivity contribution >= 4 is 109 Å². The topological polar surface area (TPSA) is 0 Å². The van der Waals surface area contributed by atoms with Crippen LogP contribution in [0.3, 0.4) is 0 Å². The summed E-state index contributed by atoms with van der Waals surface area (Å²) in [6.07, 6.45) is 0. The molecule has 0 amide bonds. The second-order valence-electron chi connectivity index (χ2n) is 5.97. The van der Waals surface area contributed by atoms with Gasteiger partial charge in [0.2, 0.25) is 0 Å². The Morgan fingerprint density at radius 1 is 0.485 bits per heavy atom. The first kappa shape index (κ1) is 33.3. The molecule has 4 rings (SSSR count). The second kappa shape index (κ2) is 17.7. The van der Waals surface area contributed by atoms with Crippen LogP contribution in [0.2, 0.25) is 30.1 Å². The smallest absolute Gasteiger partial charge is 1.00 e. The standard InChI is InChI=1S/C12H7Cl3.C6H3BrCl2.C6H4Cl.BrH.Mg/c13-10-3-1-8(2-4-10)9-5-11(14)7-12(15)6-9;7-4-1-5(8)3-6(9)2-4;7-6-4-2-1-3-5-6;;/h1-7H;1-3H;2-5H;1H;/q;;-1;;+2/p-1. The number of benzene rings is 4. The van der Waals surface area contributed by atoms with E-state index >= 15 is 0 Å². The first-order chi connectivity index (χ1) is 14.7. The minimum atomic E-state index is 0. The van der Waals surface area contributed by atoms with Crippen molar-refractivity contribution in [1.82, 2.24) is 0 Å². The Balaban J connectivity index is 0.000000491. The van der Waals surface area contributed by atoms with Gasteiger partial charge in [0.25, 0.3) is 0 Å². The number of rotatable bonds is 1. The molecule has 0 bridgehead atoms. The van der Waals surface area contributed by atoms with E-state index in [9.17, 15) is 0 Å². The van der Waals surface area contributed by atoms with Crippen LogP contribution in [0, 0.1) is 6.07 Å². The van der Waals surface area contributed by atoms with Crippen LogP contribution in [0.5, 0.6) is 0 Å². The zero-order chi connectivity index (χ0) is 22.8. The fourth-order valence-electron chi connectivity index (χ4n) is 2.25. The molecule has 0 heterocycles. The van der Waals surface area contributed by atoms with Crippen LogP contribution >= 0.6 is 85.5 Å². The molecule has 0 aliphatic rings. The molecule has 9 heteroatoms. The summed E-state index contributed by atoms with van der Waals surface area (Å²) in [7, 11) is 0. The Bertz CT molecular complexity index is 1040. The fourth-order valence-corrected chi connectivity index (χ4v) is 4.31. The minimum Gasteiger partial charge on any atom is -1.00 e. The molecule has 0 atom stereocenters. The molecule has 4 aromatic rings. The Morgan fingerprint density at radius 2 is 0.879 bits per heavy atom. The summed E-state index contributed by atoms with van der Waals surface area (Å²) >= 11 is 37.7. The average molecular weight is 699 g/mol. The van der Waals surface area contributed by atoms with Crippen LogP contribution < -0.4 is 17.0 Å². The van der Waals surface area contributed by atoms with Crippen LogP contribution in [-0.4, -0.2) is 23.1 Å². The van der Waals surface area contributed by atoms with Gasteiger partial charge in [0.05, 0.1) is 0 Å². The maximum absolute atomic E-state index is 5.92. The van der Waals surface area contributed by atoms with Crippen molar-refractivity contribution in [3.05, 3.63) is 126 Å².